The predicted molar refractivity (Wildman–Crippen MR) is 103 cm³/mol. The SMILES string of the molecule is Cc1cnc(-c2cccnc2)n1CC1CCN(C(=O)c2ccccn2)CC1. The van der Waals surface area contributed by atoms with Gasteiger partial charge in [-0.3, -0.25) is 14.8 Å². The standard InChI is InChI=1S/C21H23N5O/c1-16-13-24-20(18-5-4-9-22-14-18)26(16)15-17-7-11-25(12-8-17)21(27)19-6-2-3-10-23-19/h2-6,9-10,13-14,17H,7-8,11-12,15H2,1H3. The van der Waals surface area contributed by atoms with Crippen LogP contribution < -0.4 is 0 Å². The van der Waals surface area contributed by atoms with Crippen molar-refractivity contribution >= 4 is 5.91 Å². The molecule has 4 rings (SSSR count). The van der Waals surface area contributed by atoms with Gasteiger partial charge in [0.15, 0.2) is 0 Å². The van der Waals surface area contributed by atoms with Gasteiger partial charge in [0.25, 0.3) is 5.91 Å². The normalized spacial score (nSPS) is 15.1. The van der Waals surface area contributed by atoms with Crippen LogP contribution in [-0.4, -0.2) is 43.4 Å². The van der Waals surface area contributed by atoms with Gasteiger partial charge in [-0.1, -0.05) is 6.07 Å². The summed E-state index contributed by atoms with van der Waals surface area (Å²) in [5, 5.41) is 0. The number of carbonyl (C=O) groups excluding carboxylic acids is 1. The lowest BCUT2D eigenvalue weighted by Crippen LogP contribution is -2.39. The van der Waals surface area contributed by atoms with Gasteiger partial charge < -0.3 is 9.47 Å². The summed E-state index contributed by atoms with van der Waals surface area (Å²) < 4.78 is 2.28. The van der Waals surface area contributed by atoms with Crippen molar-refractivity contribution in [3.8, 4) is 11.4 Å². The van der Waals surface area contributed by atoms with E-state index in [1.54, 1.807) is 18.5 Å². The summed E-state index contributed by atoms with van der Waals surface area (Å²) in [7, 11) is 0. The van der Waals surface area contributed by atoms with Crippen LogP contribution in [0.2, 0.25) is 0 Å². The number of aryl methyl sites for hydroxylation is 1. The van der Waals surface area contributed by atoms with Crippen molar-refractivity contribution in [2.75, 3.05) is 13.1 Å². The monoisotopic (exact) mass is 361 g/mol. The van der Waals surface area contributed by atoms with Gasteiger partial charge in [-0.25, -0.2) is 4.98 Å². The fraction of sp³-hybridized carbons (Fsp3) is 0.333. The quantitative estimate of drug-likeness (QED) is 0.716. The number of piperidine rings is 1. The number of imidazole rings is 1. The highest BCUT2D eigenvalue weighted by Gasteiger charge is 2.25. The Labute approximate surface area is 158 Å². The molecule has 0 saturated carbocycles. The van der Waals surface area contributed by atoms with E-state index in [-0.39, 0.29) is 5.91 Å². The number of hydrogen-bond acceptors (Lipinski definition) is 4. The van der Waals surface area contributed by atoms with E-state index in [2.05, 4.69) is 26.4 Å². The number of likely N-dealkylation sites (tertiary alicyclic amines) is 1. The second kappa shape index (κ2) is 7.70. The van der Waals surface area contributed by atoms with E-state index in [4.69, 9.17) is 0 Å². The zero-order valence-electron chi connectivity index (χ0n) is 15.5. The van der Waals surface area contributed by atoms with Crippen molar-refractivity contribution in [3.05, 3.63) is 66.5 Å². The molecule has 6 nitrogen and oxygen atoms in total. The Balaban J connectivity index is 1.42. The molecule has 0 unspecified atom stereocenters. The highest BCUT2D eigenvalue weighted by molar-refractivity contribution is 5.92. The number of pyridine rings is 2. The van der Waals surface area contributed by atoms with E-state index in [9.17, 15) is 4.79 Å². The third-order valence-corrected chi connectivity index (χ3v) is 5.20. The molecule has 6 heteroatoms. The molecule has 138 valence electrons. The molecule has 0 atom stereocenters. The van der Waals surface area contributed by atoms with Gasteiger partial charge in [0.2, 0.25) is 0 Å². The van der Waals surface area contributed by atoms with Crippen LogP contribution in [0.15, 0.2) is 55.1 Å². The van der Waals surface area contributed by atoms with Gasteiger partial charge in [0.05, 0.1) is 0 Å². The second-order valence-corrected chi connectivity index (χ2v) is 7.03. The van der Waals surface area contributed by atoms with Gasteiger partial charge in [0.1, 0.15) is 11.5 Å². The molecule has 0 aromatic carbocycles. The molecular weight excluding hydrogens is 338 g/mol. The van der Waals surface area contributed by atoms with E-state index >= 15 is 0 Å². The van der Waals surface area contributed by atoms with E-state index in [1.165, 1.54) is 0 Å². The lowest BCUT2D eigenvalue weighted by molar-refractivity contribution is 0.0677. The number of hydrogen-bond donors (Lipinski definition) is 0. The molecular formula is C21H23N5O. The first-order valence-electron chi connectivity index (χ1n) is 9.35. The molecule has 27 heavy (non-hydrogen) atoms. The second-order valence-electron chi connectivity index (χ2n) is 7.03. The Morgan fingerprint density at radius 2 is 1.93 bits per heavy atom. The molecule has 0 bridgehead atoms. The highest BCUT2D eigenvalue weighted by atomic mass is 16.2. The van der Waals surface area contributed by atoms with Gasteiger partial charge in [-0.2, -0.15) is 0 Å². The number of aromatic nitrogens is 4. The number of carbonyl (C=O) groups is 1. The molecule has 1 saturated heterocycles. The topological polar surface area (TPSA) is 63.9 Å². The van der Waals surface area contributed by atoms with Crippen LogP contribution in [0.4, 0.5) is 0 Å². The fourth-order valence-corrected chi connectivity index (χ4v) is 3.64. The van der Waals surface area contributed by atoms with Gasteiger partial charge in [0, 0.05) is 55.7 Å². The van der Waals surface area contributed by atoms with Crippen molar-refractivity contribution in [1.82, 2.24) is 24.4 Å². The first kappa shape index (κ1) is 17.4. The Kier molecular flexibility index (Phi) is 4.96. The molecule has 1 amide bonds. The molecule has 0 N–H and O–H groups in total. The maximum Gasteiger partial charge on any atom is 0.272 e. The lowest BCUT2D eigenvalue weighted by Gasteiger charge is -2.32. The number of rotatable bonds is 4. The average Bonchev–Trinajstić information content (AvgIpc) is 3.09. The van der Waals surface area contributed by atoms with E-state index < -0.39 is 0 Å². The average molecular weight is 361 g/mol. The largest absolute Gasteiger partial charge is 0.337 e. The summed E-state index contributed by atoms with van der Waals surface area (Å²) >= 11 is 0. The Hall–Kier alpha value is -3.02. The fourth-order valence-electron chi connectivity index (χ4n) is 3.64. The molecule has 4 heterocycles. The predicted octanol–water partition coefficient (Wildman–Crippen LogP) is 3.20. The molecule has 0 spiro atoms. The molecule has 3 aromatic rings. The zero-order valence-corrected chi connectivity index (χ0v) is 15.5. The first-order valence-corrected chi connectivity index (χ1v) is 9.35. The summed E-state index contributed by atoms with van der Waals surface area (Å²) in [5.74, 6) is 1.53. The van der Waals surface area contributed by atoms with E-state index in [1.807, 2.05) is 41.6 Å². The summed E-state index contributed by atoms with van der Waals surface area (Å²) in [6.07, 6.45) is 9.19. The van der Waals surface area contributed by atoms with E-state index in [0.29, 0.717) is 11.6 Å². The lowest BCUT2D eigenvalue weighted by atomic mass is 9.96. The summed E-state index contributed by atoms with van der Waals surface area (Å²) in [4.78, 5) is 27.5. The molecule has 1 fully saturated rings. The molecule has 0 radical (unpaired) electrons. The molecule has 1 aliphatic rings. The van der Waals surface area contributed by atoms with Gasteiger partial charge >= 0.3 is 0 Å². The Morgan fingerprint density at radius 3 is 2.63 bits per heavy atom. The Morgan fingerprint density at radius 1 is 1.07 bits per heavy atom. The van der Waals surface area contributed by atoms with E-state index in [0.717, 1.165) is 49.6 Å². The molecule has 3 aromatic heterocycles. The third kappa shape index (κ3) is 3.74. The number of nitrogens with zero attached hydrogens (tertiary/aromatic N) is 5. The van der Waals surface area contributed by atoms with Crippen molar-refractivity contribution in [2.45, 2.75) is 26.3 Å². The first-order chi connectivity index (χ1) is 13.2. The molecule has 0 aliphatic carbocycles. The minimum absolute atomic E-state index is 0.0314. The van der Waals surface area contributed by atoms with Crippen LogP contribution in [0.1, 0.15) is 29.0 Å². The van der Waals surface area contributed by atoms with Crippen LogP contribution in [0.25, 0.3) is 11.4 Å². The summed E-state index contributed by atoms with van der Waals surface area (Å²) in [6, 6.07) is 9.44. The summed E-state index contributed by atoms with van der Waals surface area (Å²) in [6.45, 7) is 4.56. The van der Waals surface area contributed by atoms with Crippen LogP contribution in [0.5, 0.6) is 0 Å². The van der Waals surface area contributed by atoms with Crippen molar-refractivity contribution in [3.63, 3.8) is 0 Å². The smallest absolute Gasteiger partial charge is 0.272 e. The van der Waals surface area contributed by atoms with Crippen LogP contribution in [-0.2, 0) is 6.54 Å². The van der Waals surface area contributed by atoms with Gasteiger partial charge in [-0.15, -0.1) is 0 Å². The van der Waals surface area contributed by atoms with Crippen LogP contribution in [0, 0.1) is 12.8 Å². The van der Waals surface area contributed by atoms with Crippen molar-refractivity contribution < 1.29 is 4.79 Å². The van der Waals surface area contributed by atoms with Gasteiger partial charge in [-0.05, 0) is 49.9 Å². The van der Waals surface area contributed by atoms with Crippen LogP contribution in [0.3, 0.4) is 0 Å². The van der Waals surface area contributed by atoms with Crippen LogP contribution >= 0.6 is 0 Å². The summed E-state index contributed by atoms with van der Waals surface area (Å²) in [5.41, 5.74) is 2.72. The minimum Gasteiger partial charge on any atom is -0.337 e. The van der Waals surface area contributed by atoms with Crippen molar-refractivity contribution in [2.24, 2.45) is 5.92 Å². The third-order valence-electron chi connectivity index (χ3n) is 5.20. The maximum absolute atomic E-state index is 12.6. The van der Waals surface area contributed by atoms with Crippen molar-refractivity contribution in [1.29, 1.82) is 0 Å². The zero-order chi connectivity index (χ0) is 18.6. The highest BCUT2D eigenvalue weighted by Crippen LogP contribution is 2.25. The Bertz CT molecular complexity index is 899. The number of amides is 1. The maximum atomic E-state index is 12.6. The molecule has 1 aliphatic heterocycles. The minimum atomic E-state index is 0.0314.